The number of carbonyl (C=O) groups excluding carboxylic acids is 1. The molecule has 0 heterocycles. The first kappa shape index (κ1) is 15.9. The highest BCUT2D eigenvalue weighted by Crippen LogP contribution is 2.34. The van der Waals surface area contributed by atoms with Gasteiger partial charge < -0.3 is 11.1 Å². The summed E-state index contributed by atoms with van der Waals surface area (Å²) in [4.78, 5) is 11.9. The first-order valence-corrected chi connectivity index (χ1v) is 7.46. The molecule has 0 radical (unpaired) electrons. The first-order chi connectivity index (χ1) is 10.1. The van der Waals surface area contributed by atoms with E-state index in [0.717, 1.165) is 37.8 Å². The molecule has 1 fully saturated rings. The monoisotopic (exact) mass is 296 g/mol. The van der Waals surface area contributed by atoms with Crippen LogP contribution in [0.4, 0.5) is 8.78 Å². The van der Waals surface area contributed by atoms with Crippen LogP contribution in [0.3, 0.4) is 0 Å². The minimum absolute atomic E-state index is 0.0539. The van der Waals surface area contributed by atoms with Crippen molar-refractivity contribution < 1.29 is 13.6 Å². The van der Waals surface area contributed by atoms with Crippen LogP contribution < -0.4 is 11.1 Å². The van der Waals surface area contributed by atoms with E-state index in [-0.39, 0.29) is 23.3 Å². The molecule has 0 spiro atoms. The molecule has 116 valence electrons. The summed E-state index contributed by atoms with van der Waals surface area (Å²) < 4.78 is 27.0. The smallest absolute Gasteiger partial charge is 0.224 e. The van der Waals surface area contributed by atoms with Crippen LogP contribution >= 0.6 is 0 Å². The third kappa shape index (κ3) is 4.00. The van der Waals surface area contributed by atoms with E-state index in [1.165, 1.54) is 12.5 Å². The number of halogens is 2. The van der Waals surface area contributed by atoms with Crippen molar-refractivity contribution >= 4 is 5.91 Å². The van der Waals surface area contributed by atoms with Gasteiger partial charge in [0.1, 0.15) is 11.6 Å². The standard InChI is InChI=1S/C16H22F2N2O/c17-13-5-4-6-14(18)12(13)9-15(21)20-11-16(10-19)7-2-1-3-8-16/h4-6H,1-3,7-11,19H2,(H,20,21). The Morgan fingerprint density at radius 1 is 1.19 bits per heavy atom. The molecule has 1 saturated carbocycles. The highest BCUT2D eigenvalue weighted by Gasteiger charge is 2.31. The number of hydrogen-bond acceptors (Lipinski definition) is 2. The largest absolute Gasteiger partial charge is 0.355 e. The van der Waals surface area contributed by atoms with Crippen molar-refractivity contribution in [2.75, 3.05) is 13.1 Å². The van der Waals surface area contributed by atoms with Gasteiger partial charge in [0.25, 0.3) is 0 Å². The van der Waals surface area contributed by atoms with Gasteiger partial charge in [0.05, 0.1) is 6.42 Å². The lowest BCUT2D eigenvalue weighted by atomic mass is 9.74. The van der Waals surface area contributed by atoms with Gasteiger partial charge in [-0.25, -0.2) is 8.78 Å². The second-order valence-electron chi connectivity index (χ2n) is 5.92. The molecule has 3 N–H and O–H groups in total. The second kappa shape index (κ2) is 6.98. The van der Waals surface area contributed by atoms with Crippen LogP contribution in [0.25, 0.3) is 0 Å². The summed E-state index contributed by atoms with van der Waals surface area (Å²) in [5.41, 5.74) is 5.62. The molecule has 0 aromatic heterocycles. The van der Waals surface area contributed by atoms with E-state index < -0.39 is 11.6 Å². The average Bonchev–Trinajstić information content (AvgIpc) is 2.50. The average molecular weight is 296 g/mol. The van der Waals surface area contributed by atoms with Gasteiger partial charge in [-0.3, -0.25) is 4.79 Å². The van der Waals surface area contributed by atoms with E-state index in [0.29, 0.717) is 13.1 Å². The molecule has 3 nitrogen and oxygen atoms in total. The Balaban J connectivity index is 1.93. The third-order valence-corrected chi connectivity index (χ3v) is 4.41. The van der Waals surface area contributed by atoms with E-state index in [1.54, 1.807) is 0 Å². The molecular weight excluding hydrogens is 274 g/mol. The van der Waals surface area contributed by atoms with Crippen molar-refractivity contribution in [1.82, 2.24) is 5.32 Å². The van der Waals surface area contributed by atoms with Crippen LogP contribution in [0.15, 0.2) is 18.2 Å². The summed E-state index contributed by atoms with van der Waals surface area (Å²) in [6.07, 6.45) is 5.16. The van der Waals surface area contributed by atoms with E-state index in [4.69, 9.17) is 5.73 Å². The molecule has 1 aliphatic rings. The Morgan fingerprint density at radius 3 is 2.38 bits per heavy atom. The van der Waals surface area contributed by atoms with Gasteiger partial charge in [-0.05, 0) is 36.9 Å². The van der Waals surface area contributed by atoms with E-state index in [9.17, 15) is 13.6 Å². The van der Waals surface area contributed by atoms with Crippen LogP contribution in [0, 0.1) is 17.0 Å². The van der Waals surface area contributed by atoms with Crippen molar-refractivity contribution in [2.45, 2.75) is 38.5 Å². The molecule has 1 aromatic carbocycles. The lowest BCUT2D eigenvalue weighted by molar-refractivity contribution is -0.121. The Labute approximate surface area is 123 Å². The van der Waals surface area contributed by atoms with Gasteiger partial charge in [-0.1, -0.05) is 25.3 Å². The molecule has 0 atom stereocenters. The predicted molar refractivity (Wildman–Crippen MR) is 77.6 cm³/mol. The number of hydrogen-bond donors (Lipinski definition) is 2. The van der Waals surface area contributed by atoms with Crippen LogP contribution in [0.1, 0.15) is 37.7 Å². The number of amides is 1. The second-order valence-corrected chi connectivity index (χ2v) is 5.92. The molecule has 0 saturated heterocycles. The molecule has 5 heteroatoms. The minimum Gasteiger partial charge on any atom is -0.355 e. The summed E-state index contributed by atoms with van der Waals surface area (Å²) in [7, 11) is 0. The van der Waals surface area contributed by atoms with Crippen molar-refractivity contribution in [3.8, 4) is 0 Å². The molecule has 1 aliphatic carbocycles. The summed E-state index contributed by atoms with van der Waals surface area (Å²) in [5, 5.41) is 2.79. The first-order valence-electron chi connectivity index (χ1n) is 7.46. The summed E-state index contributed by atoms with van der Waals surface area (Å²) in [6, 6.07) is 3.61. The number of benzene rings is 1. The summed E-state index contributed by atoms with van der Waals surface area (Å²) in [6.45, 7) is 1.01. The van der Waals surface area contributed by atoms with Gasteiger partial charge in [0, 0.05) is 12.1 Å². The highest BCUT2D eigenvalue weighted by molar-refractivity contribution is 5.78. The maximum atomic E-state index is 13.5. The molecule has 1 aromatic rings. The molecule has 1 amide bonds. The molecular formula is C16H22F2N2O. The van der Waals surface area contributed by atoms with Gasteiger partial charge in [-0.15, -0.1) is 0 Å². The minimum atomic E-state index is -0.684. The Kier molecular flexibility index (Phi) is 5.28. The highest BCUT2D eigenvalue weighted by atomic mass is 19.1. The molecule has 21 heavy (non-hydrogen) atoms. The number of rotatable bonds is 5. The molecule has 0 aliphatic heterocycles. The molecule has 0 unspecified atom stereocenters. The predicted octanol–water partition coefficient (Wildman–Crippen LogP) is 2.53. The fraction of sp³-hybridized carbons (Fsp3) is 0.562. The number of nitrogens with one attached hydrogen (secondary N) is 1. The van der Waals surface area contributed by atoms with E-state index in [1.807, 2.05) is 0 Å². The zero-order chi connectivity index (χ0) is 15.3. The van der Waals surface area contributed by atoms with Crippen molar-refractivity contribution in [3.63, 3.8) is 0 Å². The Hall–Kier alpha value is -1.49. The zero-order valence-corrected chi connectivity index (χ0v) is 12.1. The SMILES string of the molecule is NCC1(CNC(=O)Cc2c(F)cccc2F)CCCCC1. The quantitative estimate of drug-likeness (QED) is 0.877. The van der Waals surface area contributed by atoms with Crippen LogP contribution in [0.5, 0.6) is 0 Å². The molecule has 2 rings (SSSR count). The maximum absolute atomic E-state index is 13.5. The lowest BCUT2D eigenvalue weighted by Crippen LogP contribution is -2.44. The van der Waals surface area contributed by atoms with E-state index in [2.05, 4.69) is 5.32 Å². The zero-order valence-electron chi connectivity index (χ0n) is 12.1. The number of nitrogens with two attached hydrogens (primary N) is 1. The lowest BCUT2D eigenvalue weighted by Gasteiger charge is -2.36. The van der Waals surface area contributed by atoms with Crippen molar-refractivity contribution in [3.05, 3.63) is 35.4 Å². The fourth-order valence-electron chi connectivity index (χ4n) is 2.97. The van der Waals surface area contributed by atoms with Crippen LogP contribution in [-0.4, -0.2) is 19.0 Å². The summed E-state index contributed by atoms with van der Waals surface area (Å²) in [5.74, 6) is -1.73. The van der Waals surface area contributed by atoms with Crippen LogP contribution in [-0.2, 0) is 11.2 Å². The Bertz CT molecular complexity index is 479. The van der Waals surface area contributed by atoms with Gasteiger partial charge >= 0.3 is 0 Å². The normalized spacial score (nSPS) is 17.5. The third-order valence-electron chi connectivity index (χ3n) is 4.41. The fourth-order valence-corrected chi connectivity index (χ4v) is 2.97. The van der Waals surface area contributed by atoms with Gasteiger partial charge in [-0.2, -0.15) is 0 Å². The van der Waals surface area contributed by atoms with E-state index >= 15 is 0 Å². The summed E-state index contributed by atoms with van der Waals surface area (Å²) >= 11 is 0. The van der Waals surface area contributed by atoms with Gasteiger partial charge in [0.2, 0.25) is 5.91 Å². The van der Waals surface area contributed by atoms with Crippen molar-refractivity contribution in [1.29, 1.82) is 0 Å². The van der Waals surface area contributed by atoms with Crippen molar-refractivity contribution in [2.24, 2.45) is 11.1 Å². The van der Waals surface area contributed by atoms with Gasteiger partial charge in [0.15, 0.2) is 0 Å². The maximum Gasteiger partial charge on any atom is 0.224 e. The Morgan fingerprint density at radius 2 is 1.81 bits per heavy atom. The molecule has 0 bridgehead atoms. The topological polar surface area (TPSA) is 55.1 Å². The van der Waals surface area contributed by atoms with Crippen LogP contribution in [0.2, 0.25) is 0 Å². The number of carbonyl (C=O) groups is 1.